The van der Waals surface area contributed by atoms with Crippen molar-refractivity contribution in [2.45, 2.75) is 6.18 Å². The average Bonchev–Trinajstić information content (AvgIpc) is 2.81. The molecule has 0 aliphatic carbocycles. The zero-order valence-electron chi connectivity index (χ0n) is 9.16. The van der Waals surface area contributed by atoms with Crippen molar-refractivity contribution in [1.82, 2.24) is 4.98 Å². The van der Waals surface area contributed by atoms with E-state index in [-0.39, 0.29) is 0 Å². The molecule has 3 nitrogen and oxygen atoms in total. The molecular weight excluding hydrogens is 345 g/mol. The van der Waals surface area contributed by atoms with Gasteiger partial charge in [-0.2, -0.15) is 13.2 Å². The molecule has 1 heterocycles. The Kier molecular flexibility index (Phi) is 3.91. The summed E-state index contributed by atoms with van der Waals surface area (Å²) in [6.07, 6.45) is -4.64. The lowest BCUT2D eigenvalue weighted by Gasteiger charge is -2.08. The van der Waals surface area contributed by atoms with Crippen LogP contribution in [0.4, 0.5) is 18.9 Å². The van der Waals surface area contributed by atoms with E-state index >= 15 is 0 Å². The molecule has 19 heavy (non-hydrogen) atoms. The standard InChI is InChI=1S/C11H6BrF3N2OS/c12-6-3-1-2-4-7(6)17-10(18)8-9(11(13,14)15)16-5-19-8/h1-5H,(H,17,18). The molecular formula is C11H6BrF3N2OS. The van der Waals surface area contributed by atoms with Gasteiger partial charge in [0, 0.05) is 4.47 Å². The number of anilines is 1. The number of rotatable bonds is 2. The second kappa shape index (κ2) is 5.30. The van der Waals surface area contributed by atoms with Crippen LogP contribution in [0.3, 0.4) is 0 Å². The Hall–Kier alpha value is -1.41. The van der Waals surface area contributed by atoms with E-state index in [1.165, 1.54) is 0 Å². The van der Waals surface area contributed by atoms with E-state index in [1.54, 1.807) is 24.3 Å². The van der Waals surface area contributed by atoms with Gasteiger partial charge in [-0.3, -0.25) is 4.79 Å². The molecule has 2 rings (SSSR count). The van der Waals surface area contributed by atoms with Crippen LogP contribution in [-0.2, 0) is 6.18 Å². The Morgan fingerprint density at radius 3 is 2.63 bits per heavy atom. The SMILES string of the molecule is O=C(Nc1ccccc1Br)c1scnc1C(F)(F)F. The molecule has 0 saturated heterocycles. The largest absolute Gasteiger partial charge is 0.434 e. The van der Waals surface area contributed by atoms with Crippen LogP contribution in [0.2, 0.25) is 0 Å². The third kappa shape index (κ3) is 3.13. The normalized spacial score (nSPS) is 11.4. The lowest BCUT2D eigenvalue weighted by atomic mass is 10.3. The first-order valence-electron chi connectivity index (χ1n) is 4.96. The van der Waals surface area contributed by atoms with Crippen LogP contribution in [0.1, 0.15) is 15.4 Å². The summed E-state index contributed by atoms with van der Waals surface area (Å²) in [7, 11) is 0. The molecule has 1 amide bonds. The maximum absolute atomic E-state index is 12.6. The average molecular weight is 351 g/mol. The van der Waals surface area contributed by atoms with Gasteiger partial charge in [-0.25, -0.2) is 4.98 Å². The molecule has 0 radical (unpaired) electrons. The number of amides is 1. The van der Waals surface area contributed by atoms with Gasteiger partial charge in [-0.15, -0.1) is 11.3 Å². The van der Waals surface area contributed by atoms with Crippen molar-refractivity contribution in [1.29, 1.82) is 0 Å². The number of carbonyl (C=O) groups is 1. The monoisotopic (exact) mass is 350 g/mol. The summed E-state index contributed by atoms with van der Waals surface area (Å²) in [6, 6.07) is 6.65. The van der Waals surface area contributed by atoms with Crippen molar-refractivity contribution >= 4 is 38.9 Å². The Labute approximate surface area is 118 Å². The first-order valence-corrected chi connectivity index (χ1v) is 6.63. The fraction of sp³-hybridized carbons (Fsp3) is 0.0909. The van der Waals surface area contributed by atoms with Gasteiger partial charge in [0.25, 0.3) is 5.91 Å². The van der Waals surface area contributed by atoms with Crippen LogP contribution in [0.5, 0.6) is 0 Å². The molecule has 1 aromatic heterocycles. The predicted octanol–water partition coefficient (Wildman–Crippen LogP) is 4.18. The number of hydrogen-bond donors (Lipinski definition) is 1. The maximum atomic E-state index is 12.6. The van der Waals surface area contributed by atoms with E-state index in [0.717, 1.165) is 5.51 Å². The molecule has 0 atom stereocenters. The number of carbonyl (C=O) groups excluding carboxylic acids is 1. The predicted molar refractivity (Wildman–Crippen MR) is 69.2 cm³/mol. The highest BCUT2D eigenvalue weighted by Crippen LogP contribution is 2.33. The zero-order chi connectivity index (χ0) is 14.0. The number of nitrogens with zero attached hydrogens (tertiary/aromatic N) is 1. The Bertz CT molecular complexity index is 612. The number of benzene rings is 1. The number of thiazole rings is 1. The lowest BCUT2D eigenvalue weighted by molar-refractivity contribution is -0.141. The summed E-state index contributed by atoms with van der Waals surface area (Å²) >= 11 is 3.85. The van der Waals surface area contributed by atoms with Gasteiger partial charge in [0.2, 0.25) is 0 Å². The molecule has 0 fully saturated rings. The number of nitrogens with one attached hydrogen (secondary N) is 1. The minimum absolute atomic E-state index is 0.397. The number of para-hydroxylation sites is 1. The fourth-order valence-electron chi connectivity index (χ4n) is 1.35. The van der Waals surface area contributed by atoms with E-state index in [4.69, 9.17) is 0 Å². The topological polar surface area (TPSA) is 42.0 Å². The van der Waals surface area contributed by atoms with Crippen LogP contribution in [0.25, 0.3) is 0 Å². The smallest absolute Gasteiger partial charge is 0.320 e. The van der Waals surface area contributed by atoms with E-state index < -0.39 is 22.7 Å². The minimum Gasteiger partial charge on any atom is -0.320 e. The molecule has 2 aromatic rings. The van der Waals surface area contributed by atoms with Crippen molar-refractivity contribution in [2.75, 3.05) is 5.32 Å². The highest BCUT2D eigenvalue weighted by Gasteiger charge is 2.38. The van der Waals surface area contributed by atoms with E-state index in [0.29, 0.717) is 21.5 Å². The third-order valence-electron chi connectivity index (χ3n) is 2.16. The molecule has 8 heteroatoms. The van der Waals surface area contributed by atoms with E-state index in [2.05, 4.69) is 26.2 Å². The second-order valence-electron chi connectivity index (χ2n) is 3.46. The number of halogens is 4. The molecule has 0 bridgehead atoms. The van der Waals surface area contributed by atoms with Crippen molar-refractivity contribution in [3.05, 3.63) is 44.8 Å². The zero-order valence-corrected chi connectivity index (χ0v) is 11.6. The fourth-order valence-corrected chi connectivity index (χ4v) is 2.44. The van der Waals surface area contributed by atoms with Gasteiger partial charge >= 0.3 is 6.18 Å². The van der Waals surface area contributed by atoms with Gasteiger partial charge in [0.1, 0.15) is 4.88 Å². The van der Waals surface area contributed by atoms with Crippen molar-refractivity contribution in [3.63, 3.8) is 0 Å². The quantitative estimate of drug-likeness (QED) is 0.882. The molecule has 0 aliphatic heterocycles. The third-order valence-corrected chi connectivity index (χ3v) is 3.68. The van der Waals surface area contributed by atoms with Gasteiger partial charge < -0.3 is 5.32 Å². The molecule has 0 aliphatic rings. The minimum atomic E-state index is -4.64. The summed E-state index contributed by atoms with van der Waals surface area (Å²) in [5.41, 5.74) is 0.230. The number of hydrogen-bond acceptors (Lipinski definition) is 3. The Morgan fingerprint density at radius 1 is 1.32 bits per heavy atom. The van der Waals surface area contributed by atoms with Crippen LogP contribution in [0, 0.1) is 0 Å². The summed E-state index contributed by atoms with van der Waals surface area (Å²) in [5, 5.41) is 2.41. The first-order chi connectivity index (χ1) is 8.89. The van der Waals surface area contributed by atoms with Crippen LogP contribution in [-0.4, -0.2) is 10.9 Å². The van der Waals surface area contributed by atoms with Crippen LogP contribution < -0.4 is 5.32 Å². The van der Waals surface area contributed by atoms with Crippen molar-refractivity contribution in [2.24, 2.45) is 0 Å². The van der Waals surface area contributed by atoms with Crippen LogP contribution in [0.15, 0.2) is 34.2 Å². The summed E-state index contributed by atoms with van der Waals surface area (Å²) < 4.78 is 38.4. The molecule has 0 spiro atoms. The lowest BCUT2D eigenvalue weighted by Crippen LogP contribution is -2.17. The van der Waals surface area contributed by atoms with Gasteiger partial charge in [0.15, 0.2) is 5.69 Å². The molecule has 0 unspecified atom stereocenters. The van der Waals surface area contributed by atoms with Gasteiger partial charge in [-0.05, 0) is 28.1 Å². The van der Waals surface area contributed by atoms with Crippen molar-refractivity contribution in [3.8, 4) is 0 Å². The summed E-state index contributed by atoms with van der Waals surface area (Å²) in [5.74, 6) is -0.832. The summed E-state index contributed by atoms with van der Waals surface area (Å²) in [4.78, 5) is 14.6. The molecule has 0 saturated carbocycles. The molecule has 1 N–H and O–H groups in total. The van der Waals surface area contributed by atoms with Gasteiger partial charge in [-0.1, -0.05) is 12.1 Å². The Balaban J connectivity index is 2.27. The summed E-state index contributed by atoms with van der Waals surface area (Å²) in [6.45, 7) is 0. The van der Waals surface area contributed by atoms with Crippen molar-refractivity contribution < 1.29 is 18.0 Å². The number of aromatic nitrogens is 1. The second-order valence-corrected chi connectivity index (χ2v) is 5.17. The highest BCUT2D eigenvalue weighted by atomic mass is 79.9. The van der Waals surface area contributed by atoms with E-state index in [1.807, 2.05) is 0 Å². The van der Waals surface area contributed by atoms with Gasteiger partial charge in [0.05, 0.1) is 11.2 Å². The molecule has 100 valence electrons. The van der Waals surface area contributed by atoms with E-state index in [9.17, 15) is 18.0 Å². The first kappa shape index (κ1) is 14.0. The Morgan fingerprint density at radius 2 is 2.00 bits per heavy atom. The maximum Gasteiger partial charge on any atom is 0.434 e. The molecule has 1 aromatic carbocycles. The van der Waals surface area contributed by atoms with Crippen LogP contribution >= 0.6 is 27.3 Å². The highest BCUT2D eigenvalue weighted by molar-refractivity contribution is 9.10. The number of alkyl halides is 3.